The fourth-order valence-electron chi connectivity index (χ4n) is 2.13. The highest BCUT2D eigenvalue weighted by Crippen LogP contribution is 2.20. The Bertz CT molecular complexity index is 212. The lowest BCUT2D eigenvalue weighted by atomic mass is 9.94. The molecule has 0 saturated carbocycles. The Labute approximate surface area is 86.3 Å². The predicted octanol–water partition coefficient (Wildman–Crippen LogP) is 1.38. The molecule has 0 spiro atoms. The topological polar surface area (TPSA) is 47.3 Å². The van der Waals surface area contributed by atoms with Crippen molar-refractivity contribution in [3.63, 3.8) is 0 Å². The molecule has 0 radical (unpaired) electrons. The van der Waals surface area contributed by atoms with Crippen molar-refractivity contribution in [1.82, 2.24) is 4.90 Å². The van der Waals surface area contributed by atoms with E-state index in [-0.39, 0.29) is 6.10 Å². The van der Waals surface area contributed by atoms with Crippen molar-refractivity contribution in [2.24, 2.45) is 5.92 Å². The third-order valence-electron chi connectivity index (χ3n) is 3.21. The molecule has 0 aromatic rings. The minimum atomic E-state index is -0.147. The average Bonchev–Trinajstić information content (AvgIpc) is 2.19. The van der Waals surface area contributed by atoms with Gasteiger partial charge in [-0.25, -0.2) is 0 Å². The molecule has 3 atom stereocenters. The lowest BCUT2D eigenvalue weighted by molar-refractivity contribution is 0.0171. The number of aliphatic hydroxyl groups is 1. The molecule has 1 heterocycles. The molecule has 14 heavy (non-hydrogen) atoms. The van der Waals surface area contributed by atoms with E-state index in [1.165, 1.54) is 0 Å². The summed E-state index contributed by atoms with van der Waals surface area (Å²) >= 11 is 0. The van der Waals surface area contributed by atoms with Gasteiger partial charge in [-0.1, -0.05) is 13.8 Å². The van der Waals surface area contributed by atoms with E-state index in [2.05, 4.69) is 24.8 Å². The van der Waals surface area contributed by atoms with Crippen molar-refractivity contribution in [3.05, 3.63) is 0 Å². The monoisotopic (exact) mass is 196 g/mol. The van der Waals surface area contributed by atoms with Crippen LogP contribution in [0.1, 0.15) is 33.1 Å². The zero-order valence-corrected chi connectivity index (χ0v) is 9.11. The van der Waals surface area contributed by atoms with Gasteiger partial charge in [0.25, 0.3) is 0 Å². The fourth-order valence-corrected chi connectivity index (χ4v) is 2.13. The number of nitriles is 1. The van der Waals surface area contributed by atoms with Crippen LogP contribution in [0.4, 0.5) is 0 Å². The third kappa shape index (κ3) is 2.70. The summed E-state index contributed by atoms with van der Waals surface area (Å²) in [7, 11) is 0. The van der Waals surface area contributed by atoms with Crippen LogP contribution in [0.5, 0.6) is 0 Å². The summed E-state index contributed by atoms with van der Waals surface area (Å²) in [6, 6.07) is 2.62. The average molecular weight is 196 g/mol. The Morgan fingerprint density at radius 2 is 2.36 bits per heavy atom. The summed E-state index contributed by atoms with van der Waals surface area (Å²) < 4.78 is 0. The summed E-state index contributed by atoms with van der Waals surface area (Å²) in [5.74, 6) is 0.344. The van der Waals surface area contributed by atoms with Crippen molar-refractivity contribution in [1.29, 1.82) is 5.26 Å². The first-order chi connectivity index (χ1) is 6.69. The van der Waals surface area contributed by atoms with E-state index < -0.39 is 0 Å². The van der Waals surface area contributed by atoms with Crippen LogP contribution < -0.4 is 0 Å². The van der Waals surface area contributed by atoms with E-state index in [1.54, 1.807) is 0 Å². The van der Waals surface area contributed by atoms with Crippen LogP contribution in [0.3, 0.4) is 0 Å². The zero-order valence-electron chi connectivity index (χ0n) is 9.11. The molecule has 1 aliphatic rings. The first-order valence-corrected chi connectivity index (χ1v) is 5.48. The summed E-state index contributed by atoms with van der Waals surface area (Å²) in [4.78, 5) is 2.35. The first kappa shape index (κ1) is 11.5. The van der Waals surface area contributed by atoms with Crippen LogP contribution >= 0.6 is 0 Å². The van der Waals surface area contributed by atoms with Gasteiger partial charge in [-0.15, -0.1) is 0 Å². The number of nitrogens with zero attached hydrogens (tertiary/aromatic N) is 2. The molecule has 3 unspecified atom stereocenters. The van der Waals surface area contributed by atoms with Crippen LogP contribution in [0.15, 0.2) is 0 Å². The Balaban J connectivity index is 2.48. The van der Waals surface area contributed by atoms with Gasteiger partial charge >= 0.3 is 0 Å². The maximum Gasteiger partial charge on any atom is 0.0638 e. The van der Waals surface area contributed by atoms with Gasteiger partial charge in [-0.2, -0.15) is 5.26 Å². The molecule has 1 N–H and O–H groups in total. The van der Waals surface area contributed by atoms with E-state index >= 15 is 0 Å². The van der Waals surface area contributed by atoms with Crippen LogP contribution in [-0.4, -0.2) is 35.2 Å². The smallest absolute Gasteiger partial charge is 0.0638 e. The van der Waals surface area contributed by atoms with Gasteiger partial charge in [0.05, 0.1) is 18.6 Å². The third-order valence-corrected chi connectivity index (χ3v) is 3.21. The van der Waals surface area contributed by atoms with Crippen molar-refractivity contribution in [2.45, 2.75) is 45.3 Å². The van der Waals surface area contributed by atoms with Crippen molar-refractivity contribution < 1.29 is 5.11 Å². The SMILES string of the molecule is CCC(CC#N)N1CCC(O)C(C)C1. The van der Waals surface area contributed by atoms with Gasteiger partial charge in [0.1, 0.15) is 0 Å². The molecule has 3 heteroatoms. The molecule has 0 aromatic heterocycles. The molecule has 0 amide bonds. The van der Waals surface area contributed by atoms with E-state index in [1.807, 2.05) is 0 Å². The lowest BCUT2D eigenvalue weighted by Crippen LogP contribution is -2.46. The van der Waals surface area contributed by atoms with Gasteiger partial charge in [-0.05, 0) is 18.8 Å². The van der Waals surface area contributed by atoms with Crippen LogP contribution in [0, 0.1) is 17.2 Å². The van der Waals surface area contributed by atoms with Crippen molar-refractivity contribution in [2.75, 3.05) is 13.1 Å². The van der Waals surface area contributed by atoms with Crippen molar-refractivity contribution in [3.8, 4) is 6.07 Å². The largest absolute Gasteiger partial charge is 0.393 e. The molecule has 0 aromatic carbocycles. The number of likely N-dealkylation sites (tertiary alicyclic amines) is 1. The summed E-state index contributed by atoms with van der Waals surface area (Å²) in [5, 5.41) is 18.3. The highest BCUT2D eigenvalue weighted by Gasteiger charge is 2.27. The van der Waals surface area contributed by atoms with E-state index in [0.717, 1.165) is 25.9 Å². The summed E-state index contributed by atoms with van der Waals surface area (Å²) in [6.45, 7) is 6.07. The molecule has 3 nitrogen and oxygen atoms in total. The standard InChI is InChI=1S/C11H20N2O/c1-3-10(4-6-12)13-7-5-11(14)9(2)8-13/h9-11,14H,3-5,7-8H2,1-2H3. The molecular formula is C11H20N2O. The van der Waals surface area contributed by atoms with E-state index in [9.17, 15) is 5.11 Å². The Kier molecular flexibility index (Phi) is 4.37. The normalized spacial score (nSPS) is 31.0. The van der Waals surface area contributed by atoms with Gasteiger partial charge in [0.15, 0.2) is 0 Å². The number of hydrogen-bond donors (Lipinski definition) is 1. The lowest BCUT2D eigenvalue weighted by Gasteiger charge is -2.38. The van der Waals surface area contributed by atoms with E-state index in [4.69, 9.17) is 5.26 Å². The maximum atomic E-state index is 9.59. The first-order valence-electron chi connectivity index (χ1n) is 5.48. The fraction of sp³-hybridized carbons (Fsp3) is 0.909. The molecule has 0 aliphatic carbocycles. The Hall–Kier alpha value is -0.590. The summed E-state index contributed by atoms with van der Waals surface area (Å²) in [5.41, 5.74) is 0. The Morgan fingerprint density at radius 1 is 1.64 bits per heavy atom. The molecule has 80 valence electrons. The second kappa shape index (κ2) is 5.33. The van der Waals surface area contributed by atoms with Gasteiger partial charge in [0, 0.05) is 19.1 Å². The van der Waals surface area contributed by atoms with Crippen LogP contribution in [-0.2, 0) is 0 Å². The number of rotatable bonds is 3. The quantitative estimate of drug-likeness (QED) is 0.742. The number of aliphatic hydroxyl groups excluding tert-OH is 1. The second-order valence-corrected chi connectivity index (χ2v) is 4.25. The Morgan fingerprint density at radius 3 is 2.86 bits per heavy atom. The molecule has 1 fully saturated rings. The highest BCUT2D eigenvalue weighted by molar-refractivity contribution is 4.86. The molecule has 1 aliphatic heterocycles. The number of piperidine rings is 1. The van der Waals surface area contributed by atoms with Gasteiger partial charge in [0.2, 0.25) is 0 Å². The van der Waals surface area contributed by atoms with Crippen LogP contribution in [0.25, 0.3) is 0 Å². The zero-order chi connectivity index (χ0) is 10.6. The van der Waals surface area contributed by atoms with Gasteiger partial charge < -0.3 is 5.11 Å². The molecule has 1 rings (SSSR count). The highest BCUT2D eigenvalue weighted by atomic mass is 16.3. The van der Waals surface area contributed by atoms with Crippen molar-refractivity contribution >= 4 is 0 Å². The molecular weight excluding hydrogens is 176 g/mol. The maximum absolute atomic E-state index is 9.59. The van der Waals surface area contributed by atoms with E-state index in [0.29, 0.717) is 18.4 Å². The van der Waals surface area contributed by atoms with Crippen LogP contribution in [0.2, 0.25) is 0 Å². The second-order valence-electron chi connectivity index (χ2n) is 4.25. The minimum Gasteiger partial charge on any atom is -0.393 e. The summed E-state index contributed by atoms with van der Waals surface area (Å²) in [6.07, 6.45) is 2.34. The molecule has 0 bridgehead atoms. The molecule has 1 saturated heterocycles. The number of hydrogen-bond acceptors (Lipinski definition) is 3. The predicted molar refractivity (Wildman–Crippen MR) is 55.7 cm³/mol. The minimum absolute atomic E-state index is 0.147. The van der Waals surface area contributed by atoms with Gasteiger partial charge in [-0.3, -0.25) is 4.90 Å².